The van der Waals surface area contributed by atoms with E-state index in [9.17, 15) is 14.7 Å². The first kappa shape index (κ1) is 27.4. The molecule has 0 aromatic heterocycles. The lowest BCUT2D eigenvalue weighted by atomic mass is 9.54. The van der Waals surface area contributed by atoms with Crippen molar-refractivity contribution in [3.05, 3.63) is 77.9 Å². The average Bonchev–Trinajstić information content (AvgIpc) is 2.87. The molecule has 2 aliphatic rings. The highest BCUT2D eigenvalue weighted by Gasteiger charge is 2.61. The predicted octanol–water partition coefficient (Wildman–Crippen LogP) is 5.22. The molecule has 206 valence electrons. The summed E-state index contributed by atoms with van der Waals surface area (Å²) >= 11 is 0. The largest absolute Gasteiger partial charge is 0.427 e. The van der Waals surface area contributed by atoms with Crippen molar-refractivity contribution in [1.29, 1.82) is 0 Å². The number of nitrogens with one attached hydrogen (secondary N) is 1. The highest BCUT2D eigenvalue weighted by atomic mass is 16.5. The number of benzene rings is 3. The number of ether oxygens (including phenoxy) is 1. The number of nitrogens with zero attached hydrogens (tertiary/aromatic N) is 1. The minimum Gasteiger partial charge on any atom is -0.427 e. The van der Waals surface area contributed by atoms with Crippen LogP contribution in [0.1, 0.15) is 62.4 Å². The summed E-state index contributed by atoms with van der Waals surface area (Å²) in [6.07, 6.45) is 2.73. The molecule has 39 heavy (non-hydrogen) atoms. The molecule has 0 bridgehead atoms. The van der Waals surface area contributed by atoms with Crippen LogP contribution >= 0.6 is 0 Å². The van der Waals surface area contributed by atoms with E-state index >= 15 is 0 Å². The number of piperidine rings is 1. The van der Waals surface area contributed by atoms with Gasteiger partial charge in [0.2, 0.25) is 0 Å². The molecule has 6 nitrogen and oxygen atoms in total. The number of likely N-dealkylation sites (N-methyl/N-ethyl adjacent to an activating group) is 1. The summed E-state index contributed by atoms with van der Waals surface area (Å²) in [5.41, 5.74) is 0.125. The molecular weight excluding hydrogens is 488 g/mol. The lowest BCUT2D eigenvalue weighted by Crippen LogP contribution is -2.71. The average molecular weight is 530 g/mol. The van der Waals surface area contributed by atoms with E-state index in [0.717, 1.165) is 40.3 Å². The van der Waals surface area contributed by atoms with Gasteiger partial charge in [0.05, 0.1) is 20.1 Å². The van der Waals surface area contributed by atoms with Crippen LogP contribution in [0.5, 0.6) is 5.75 Å². The topological polar surface area (TPSA) is 75.6 Å². The van der Waals surface area contributed by atoms with Gasteiger partial charge < -0.3 is 19.6 Å². The van der Waals surface area contributed by atoms with E-state index in [1.54, 1.807) is 6.07 Å². The third-order valence-electron chi connectivity index (χ3n) is 8.91. The summed E-state index contributed by atoms with van der Waals surface area (Å²) in [5.74, 6) is 0.560. The third kappa shape index (κ3) is 5.45. The molecule has 1 amide bonds. The molecule has 1 aliphatic carbocycles. The van der Waals surface area contributed by atoms with Crippen molar-refractivity contribution in [3.63, 3.8) is 0 Å². The molecular formula is C33H41N2O4+. The van der Waals surface area contributed by atoms with Crippen molar-refractivity contribution < 1.29 is 23.9 Å². The summed E-state index contributed by atoms with van der Waals surface area (Å²) in [7, 11) is 2.25. The van der Waals surface area contributed by atoms with Gasteiger partial charge >= 0.3 is 5.97 Å². The molecule has 4 atom stereocenters. The van der Waals surface area contributed by atoms with Crippen molar-refractivity contribution in [2.24, 2.45) is 5.92 Å². The molecule has 6 heteroatoms. The summed E-state index contributed by atoms with van der Waals surface area (Å²) in [5, 5.41) is 17.9. The second-order valence-corrected chi connectivity index (χ2v) is 12.5. The van der Waals surface area contributed by atoms with Gasteiger partial charge in [0.25, 0.3) is 5.91 Å². The Bertz CT molecular complexity index is 1390. The van der Waals surface area contributed by atoms with Crippen molar-refractivity contribution in [2.75, 3.05) is 26.7 Å². The molecule has 1 unspecified atom stereocenters. The highest BCUT2D eigenvalue weighted by molar-refractivity contribution is 5.98. The van der Waals surface area contributed by atoms with E-state index < -0.39 is 11.0 Å². The van der Waals surface area contributed by atoms with Gasteiger partial charge in [-0.05, 0) is 59.9 Å². The molecule has 5 rings (SSSR count). The second kappa shape index (κ2) is 10.4. The quantitative estimate of drug-likeness (QED) is 0.261. The first-order valence-electron chi connectivity index (χ1n) is 14.2. The Morgan fingerprint density at radius 1 is 1.05 bits per heavy atom. The summed E-state index contributed by atoms with van der Waals surface area (Å²) in [6.45, 7) is 8.47. The Balaban J connectivity index is 1.46. The van der Waals surface area contributed by atoms with Gasteiger partial charge in [-0.2, -0.15) is 0 Å². The van der Waals surface area contributed by atoms with Crippen molar-refractivity contribution >= 4 is 22.6 Å². The molecule has 2 fully saturated rings. The number of quaternary nitrogens is 1. The van der Waals surface area contributed by atoms with Crippen LogP contribution in [0.15, 0.2) is 66.7 Å². The van der Waals surface area contributed by atoms with Gasteiger partial charge in [-0.3, -0.25) is 9.59 Å². The van der Waals surface area contributed by atoms with Crippen molar-refractivity contribution in [2.45, 2.75) is 63.5 Å². The molecule has 2 N–H and O–H groups in total. The molecule has 3 aromatic rings. The lowest BCUT2D eigenvalue weighted by molar-refractivity contribution is -0.926. The molecule has 1 saturated heterocycles. The molecule has 0 radical (unpaired) electrons. The Hall–Kier alpha value is -3.22. The Labute approximate surface area is 231 Å². The fraction of sp³-hybridized carbons (Fsp3) is 0.455. The minimum atomic E-state index is -0.937. The second-order valence-electron chi connectivity index (χ2n) is 12.5. The first-order chi connectivity index (χ1) is 18.5. The number of likely N-dealkylation sites (tertiary alicyclic amines) is 1. The van der Waals surface area contributed by atoms with Crippen LogP contribution < -0.4 is 10.1 Å². The summed E-state index contributed by atoms with van der Waals surface area (Å²) < 4.78 is 6.27. The van der Waals surface area contributed by atoms with E-state index in [2.05, 4.69) is 26.2 Å². The van der Waals surface area contributed by atoms with E-state index in [-0.39, 0.29) is 17.9 Å². The highest BCUT2D eigenvalue weighted by Crippen LogP contribution is 2.53. The van der Waals surface area contributed by atoms with Crippen LogP contribution in [0, 0.1) is 5.92 Å². The number of esters is 1. The number of aliphatic hydroxyl groups is 1. The number of rotatable bonds is 6. The number of amides is 1. The van der Waals surface area contributed by atoms with E-state index in [4.69, 9.17) is 4.74 Å². The van der Waals surface area contributed by atoms with Crippen LogP contribution in [0.4, 0.5) is 0 Å². The van der Waals surface area contributed by atoms with Crippen LogP contribution in [-0.2, 0) is 10.2 Å². The maximum atomic E-state index is 13.4. The SMILES string of the molecule is CC(=O)Oc1cccc([C@]23CC[N@@+](C)(CC(C)C)CC2(O)CC[C@H](NC(=O)c2ccc4ccccc4c2)C3)c1. The van der Waals surface area contributed by atoms with E-state index in [1.807, 2.05) is 60.7 Å². The van der Waals surface area contributed by atoms with Crippen molar-refractivity contribution in [3.8, 4) is 5.75 Å². The number of fused-ring (bicyclic) bond motifs is 2. The smallest absolute Gasteiger partial charge is 0.308 e. The molecule has 1 saturated carbocycles. The molecule has 1 aliphatic heterocycles. The fourth-order valence-electron chi connectivity index (χ4n) is 7.42. The number of carbonyl (C=O) groups is 2. The number of hydrogen-bond donors (Lipinski definition) is 2. The third-order valence-corrected chi connectivity index (χ3v) is 8.91. The van der Waals surface area contributed by atoms with Gasteiger partial charge in [0.15, 0.2) is 0 Å². The van der Waals surface area contributed by atoms with Gasteiger partial charge in [-0.15, -0.1) is 0 Å². The zero-order chi connectivity index (χ0) is 27.8. The first-order valence-corrected chi connectivity index (χ1v) is 14.2. The summed E-state index contributed by atoms with van der Waals surface area (Å²) in [4.78, 5) is 25.1. The van der Waals surface area contributed by atoms with Crippen LogP contribution in [0.25, 0.3) is 10.8 Å². The lowest BCUT2D eigenvalue weighted by Gasteiger charge is -2.60. The zero-order valence-electron chi connectivity index (χ0n) is 23.6. The zero-order valence-corrected chi connectivity index (χ0v) is 23.6. The van der Waals surface area contributed by atoms with Gasteiger partial charge in [0.1, 0.15) is 17.9 Å². The van der Waals surface area contributed by atoms with Gasteiger partial charge in [-0.1, -0.05) is 56.3 Å². The van der Waals surface area contributed by atoms with Crippen LogP contribution in [0.2, 0.25) is 0 Å². The number of hydrogen-bond acceptors (Lipinski definition) is 4. The summed E-state index contributed by atoms with van der Waals surface area (Å²) in [6, 6.07) is 21.4. The number of carbonyl (C=O) groups excluding carboxylic acids is 2. The molecule has 3 aromatic carbocycles. The standard InChI is InChI=1S/C33H40N2O4/c1-23(2)21-35(4)17-16-32(28-10-7-11-30(19-28)39-24(3)36)20-29(14-15-33(32,38)22-35)34-31(37)27-13-12-25-8-5-6-9-26(25)18-27/h5-13,18-19,23,29,38H,14-17,20-22H2,1-4H3/p+1/t29-,32+,33?,35-/m0/s1. The normalized spacial score (nSPS) is 28.6. The predicted molar refractivity (Wildman–Crippen MR) is 154 cm³/mol. The monoisotopic (exact) mass is 529 g/mol. The van der Waals surface area contributed by atoms with Crippen molar-refractivity contribution in [1.82, 2.24) is 5.32 Å². The Kier molecular flexibility index (Phi) is 7.29. The van der Waals surface area contributed by atoms with Gasteiger partial charge in [0, 0.05) is 36.3 Å². The van der Waals surface area contributed by atoms with E-state index in [0.29, 0.717) is 43.0 Å². The molecule has 0 spiro atoms. The van der Waals surface area contributed by atoms with Gasteiger partial charge in [-0.25, -0.2) is 0 Å². The Morgan fingerprint density at radius 3 is 2.56 bits per heavy atom. The van der Waals surface area contributed by atoms with Crippen LogP contribution in [-0.4, -0.2) is 59.8 Å². The fourth-order valence-corrected chi connectivity index (χ4v) is 7.42. The molecule has 1 heterocycles. The maximum absolute atomic E-state index is 13.4. The van der Waals surface area contributed by atoms with E-state index in [1.165, 1.54) is 6.92 Å². The maximum Gasteiger partial charge on any atom is 0.308 e. The Morgan fingerprint density at radius 2 is 1.82 bits per heavy atom. The minimum absolute atomic E-state index is 0.0800. The van der Waals surface area contributed by atoms with Crippen LogP contribution in [0.3, 0.4) is 0 Å².